The van der Waals surface area contributed by atoms with E-state index < -0.39 is 5.97 Å². The molecule has 0 radical (unpaired) electrons. The minimum atomic E-state index is -0.727. The molecule has 1 aliphatic rings. The van der Waals surface area contributed by atoms with Gasteiger partial charge in [-0.2, -0.15) is 0 Å². The van der Waals surface area contributed by atoms with E-state index in [9.17, 15) is 9.90 Å². The highest BCUT2D eigenvalue weighted by Crippen LogP contribution is 2.33. The number of carboxylic acids is 1. The molecule has 1 aliphatic heterocycles. The van der Waals surface area contributed by atoms with Crippen LogP contribution in [0, 0.1) is 12.8 Å². The second kappa shape index (κ2) is 10.7. The van der Waals surface area contributed by atoms with Crippen LogP contribution in [-0.2, 0) is 24.2 Å². The van der Waals surface area contributed by atoms with Crippen molar-refractivity contribution in [1.29, 1.82) is 0 Å². The number of hydrogen-bond acceptors (Lipinski definition) is 4. The number of carboxylic acid groups (broad SMARTS) is 1. The lowest BCUT2D eigenvalue weighted by Crippen LogP contribution is -2.20. The Hall–Kier alpha value is -2.53. The van der Waals surface area contributed by atoms with Gasteiger partial charge in [0.15, 0.2) is 0 Å². The number of hydrogen-bond donors (Lipinski definition) is 2. The number of ether oxygens (including phenoxy) is 2. The zero-order valence-corrected chi connectivity index (χ0v) is 19.2. The molecule has 0 amide bonds. The maximum Gasteiger partial charge on any atom is 0.306 e. The molecule has 0 spiro atoms. The van der Waals surface area contributed by atoms with E-state index in [0.29, 0.717) is 26.0 Å². The molecule has 0 bridgehead atoms. The van der Waals surface area contributed by atoms with Crippen molar-refractivity contribution >= 4 is 5.97 Å². The van der Waals surface area contributed by atoms with Crippen molar-refractivity contribution < 1.29 is 19.4 Å². The molecule has 5 nitrogen and oxygen atoms in total. The highest BCUT2D eigenvalue weighted by molar-refractivity contribution is 5.70. The van der Waals surface area contributed by atoms with E-state index in [1.165, 1.54) is 16.7 Å². The van der Waals surface area contributed by atoms with Crippen LogP contribution in [0.4, 0.5) is 0 Å². The van der Waals surface area contributed by atoms with Crippen LogP contribution >= 0.6 is 0 Å². The largest absolute Gasteiger partial charge is 0.494 e. The number of benzene rings is 2. The molecule has 0 saturated carbocycles. The van der Waals surface area contributed by atoms with Crippen molar-refractivity contribution in [2.75, 3.05) is 13.2 Å². The fourth-order valence-electron chi connectivity index (χ4n) is 4.22. The van der Waals surface area contributed by atoms with Gasteiger partial charge < -0.3 is 19.9 Å². The standard InChI is InChI=1S/C26H35NO4/c1-5-10-30-23-7-8-24(17(3)12-23)18(4)27-16-22-15-19(13-20(6-2)26(28)29)14-21-9-11-31-25(21)22/h7-8,12,14-15,18,20,27H,5-6,9-11,13,16H2,1-4H3,(H,28,29). The van der Waals surface area contributed by atoms with Crippen LogP contribution in [0.5, 0.6) is 11.5 Å². The highest BCUT2D eigenvalue weighted by Gasteiger charge is 2.22. The van der Waals surface area contributed by atoms with Gasteiger partial charge in [0.25, 0.3) is 0 Å². The Morgan fingerprint density at radius 1 is 1.26 bits per heavy atom. The number of carbonyl (C=O) groups is 1. The zero-order chi connectivity index (χ0) is 22.4. The highest BCUT2D eigenvalue weighted by atomic mass is 16.5. The van der Waals surface area contributed by atoms with Crippen LogP contribution in [-0.4, -0.2) is 24.3 Å². The summed E-state index contributed by atoms with van der Waals surface area (Å²) in [6, 6.07) is 10.7. The van der Waals surface area contributed by atoms with E-state index in [-0.39, 0.29) is 12.0 Å². The normalized spacial score (nSPS) is 14.6. The predicted octanol–water partition coefficient (Wildman–Crippen LogP) is 5.22. The average molecular weight is 426 g/mol. The summed E-state index contributed by atoms with van der Waals surface area (Å²) in [5.74, 6) is 0.801. The molecule has 31 heavy (non-hydrogen) atoms. The number of aliphatic carboxylic acids is 1. The summed E-state index contributed by atoms with van der Waals surface area (Å²) in [5.41, 5.74) is 5.83. The molecule has 5 heteroatoms. The summed E-state index contributed by atoms with van der Waals surface area (Å²) in [6.07, 6.45) is 3.06. The van der Waals surface area contributed by atoms with Crippen LogP contribution in [0.25, 0.3) is 0 Å². The Morgan fingerprint density at radius 2 is 2.06 bits per heavy atom. The number of fused-ring (bicyclic) bond motifs is 1. The van der Waals surface area contributed by atoms with Crippen molar-refractivity contribution in [1.82, 2.24) is 5.32 Å². The van der Waals surface area contributed by atoms with Crippen LogP contribution < -0.4 is 14.8 Å². The van der Waals surface area contributed by atoms with E-state index in [2.05, 4.69) is 50.4 Å². The molecule has 2 unspecified atom stereocenters. The lowest BCUT2D eigenvalue weighted by Gasteiger charge is -2.19. The SMILES string of the molecule is CCCOc1ccc(C(C)NCc2cc(CC(CC)C(=O)O)cc3c2OCC3)c(C)c1. The van der Waals surface area contributed by atoms with Gasteiger partial charge in [-0.25, -0.2) is 0 Å². The Morgan fingerprint density at radius 3 is 2.74 bits per heavy atom. The quantitative estimate of drug-likeness (QED) is 0.516. The third-order valence-electron chi connectivity index (χ3n) is 6.02. The summed E-state index contributed by atoms with van der Waals surface area (Å²) in [6.45, 7) is 10.4. The molecule has 2 aromatic rings. The van der Waals surface area contributed by atoms with E-state index >= 15 is 0 Å². The van der Waals surface area contributed by atoms with Crippen LogP contribution in [0.3, 0.4) is 0 Å². The summed E-state index contributed by atoms with van der Waals surface area (Å²) in [5, 5.41) is 13.1. The topological polar surface area (TPSA) is 67.8 Å². The van der Waals surface area contributed by atoms with Gasteiger partial charge >= 0.3 is 5.97 Å². The van der Waals surface area contributed by atoms with Crippen LogP contribution in [0.1, 0.15) is 67.5 Å². The molecule has 168 valence electrons. The second-order valence-electron chi connectivity index (χ2n) is 8.46. The molecule has 0 saturated heterocycles. The first kappa shape index (κ1) is 23.1. The molecule has 0 aliphatic carbocycles. The maximum atomic E-state index is 11.5. The van der Waals surface area contributed by atoms with Crippen LogP contribution in [0.2, 0.25) is 0 Å². The minimum absolute atomic E-state index is 0.170. The van der Waals surface area contributed by atoms with E-state index in [0.717, 1.165) is 42.1 Å². The first-order chi connectivity index (χ1) is 14.9. The van der Waals surface area contributed by atoms with Gasteiger partial charge in [0, 0.05) is 24.6 Å². The molecule has 0 fully saturated rings. The number of rotatable bonds is 11. The van der Waals surface area contributed by atoms with Gasteiger partial charge in [-0.1, -0.05) is 32.0 Å². The van der Waals surface area contributed by atoms with Crippen LogP contribution in [0.15, 0.2) is 30.3 Å². The molecule has 3 rings (SSSR count). The predicted molar refractivity (Wildman–Crippen MR) is 123 cm³/mol. The maximum absolute atomic E-state index is 11.5. The monoisotopic (exact) mass is 425 g/mol. The Labute approximate surface area is 185 Å². The smallest absolute Gasteiger partial charge is 0.306 e. The first-order valence-electron chi connectivity index (χ1n) is 11.4. The lowest BCUT2D eigenvalue weighted by molar-refractivity contribution is -0.141. The fourth-order valence-corrected chi connectivity index (χ4v) is 4.22. The van der Waals surface area contributed by atoms with Crippen molar-refractivity contribution in [3.63, 3.8) is 0 Å². The molecule has 2 atom stereocenters. The Balaban J connectivity index is 1.73. The molecule has 2 N–H and O–H groups in total. The third kappa shape index (κ3) is 5.79. The van der Waals surface area contributed by atoms with Crippen molar-refractivity contribution in [2.45, 2.75) is 66.0 Å². The van der Waals surface area contributed by atoms with Gasteiger partial charge in [0.1, 0.15) is 11.5 Å². The summed E-state index contributed by atoms with van der Waals surface area (Å²) >= 11 is 0. The Kier molecular flexibility index (Phi) is 7.97. The average Bonchev–Trinajstić information content (AvgIpc) is 3.22. The zero-order valence-electron chi connectivity index (χ0n) is 19.2. The van der Waals surface area contributed by atoms with Gasteiger partial charge in [-0.05, 0) is 67.5 Å². The molecular formula is C26H35NO4. The van der Waals surface area contributed by atoms with Crippen molar-refractivity contribution in [2.24, 2.45) is 5.92 Å². The van der Waals surface area contributed by atoms with Gasteiger partial charge in [0.2, 0.25) is 0 Å². The molecule has 2 aromatic carbocycles. The first-order valence-corrected chi connectivity index (χ1v) is 11.4. The van der Waals surface area contributed by atoms with E-state index in [1.54, 1.807) is 0 Å². The van der Waals surface area contributed by atoms with Gasteiger partial charge in [-0.3, -0.25) is 4.79 Å². The fraction of sp³-hybridized carbons (Fsp3) is 0.500. The van der Waals surface area contributed by atoms with Gasteiger partial charge in [0.05, 0.1) is 19.1 Å². The van der Waals surface area contributed by atoms with E-state index in [4.69, 9.17) is 9.47 Å². The molecule has 0 aromatic heterocycles. The van der Waals surface area contributed by atoms with Crippen molar-refractivity contribution in [3.8, 4) is 11.5 Å². The second-order valence-corrected chi connectivity index (χ2v) is 8.46. The number of nitrogens with one attached hydrogen (secondary N) is 1. The van der Waals surface area contributed by atoms with Gasteiger partial charge in [-0.15, -0.1) is 0 Å². The molecule has 1 heterocycles. The van der Waals surface area contributed by atoms with Crippen molar-refractivity contribution in [3.05, 3.63) is 58.1 Å². The minimum Gasteiger partial charge on any atom is -0.494 e. The summed E-state index contributed by atoms with van der Waals surface area (Å²) in [4.78, 5) is 11.5. The van der Waals surface area contributed by atoms with E-state index in [1.807, 2.05) is 13.0 Å². The summed E-state index contributed by atoms with van der Waals surface area (Å²) in [7, 11) is 0. The third-order valence-corrected chi connectivity index (χ3v) is 6.02. The lowest BCUT2D eigenvalue weighted by atomic mass is 9.93. The molecular weight excluding hydrogens is 390 g/mol. The number of aryl methyl sites for hydroxylation is 1. The summed E-state index contributed by atoms with van der Waals surface area (Å²) < 4.78 is 11.6. The Bertz CT molecular complexity index is 909.